The fraction of sp³-hybridized carbons (Fsp3) is 0.333. The Morgan fingerprint density at radius 3 is 2.70 bits per heavy atom. The quantitative estimate of drug-likeness (QED) is 0.480. The SMILES string of the molecule is CC(C)(C)OC(=O)N(CC#N)c1cc(Cl)c(Cl)c2[nH]cc(I)c12. The molecule has 1 aromatic carbocycles. The number of nitrogens with zero attached hydrogens (tertiary/aromatic N) is 2. The average Bonchev–Trinajstić information content (AvgIpc) is 2.81. The second kappa shape index (κ2) is 6.75. The maximum atomic E-state index is 12.5. The van der Waals surface area contributed by atoms with Crippen molar-refractivity contribution >= 4 is 68.5 Å². The van der Waals surface area contributed by atoms with Gasteiger partial charge in [-0.3, -0.25) is 4.90 Å². The van der Waals surface area contributed by atoms with Gasteiger partial charge in [-0.2, -0.15) is 5.26 Å². The number of hydrogen-bond acceptors (Lipinski definition) is 3. The highest BCUT2D eigenvalue weighted by Crippen LogP contribution is 2.40. The first-order valence-corrected chi connectivity index (χ1v) is 8.51. The summed E-state index contributed by atoms with van der Waals surface area (Å²) in [6.07, 6.45) is 1.15. The molecule has 0 bridgehead atoms. The van der Waals surface area contributed by atoms with Crippen molar-refractivity contribution in [3.8, 4) is 6.07 Å². The normalized spacial score (nSPS) is 11.3. The molecular weight excluding hydrogens is 452 g/mol. The van der Waals surface area contributed by atoms with Gasteiger partial charge in [-0.05, 0) is 49.4 Å². The monoisotopic (exact) mass is 465 g/mol. The molecule has 0 aliphatic carbocycles. The van der Waals surface area contributed by atoms with Crippen molar-refractivity contribution in [2.24, 2.45) is 0 Å². The van der Waals surface area contributed by atoms with E-state index in [1.54, 1.807) is 33.0 Å². The Bertz CT molecular complexity index is 806. The lowest BCUT2D eigenvalue weighted by atomic mass is 10.2. The summed E-state index contributed by atoms with van der Waals surface area (Å²) >= 11 is 14.5. The van der Waals surface area contributed by atoms with Crippen molar-refractivity contribution in [3.05, 3.63) is 25.9 Å². The molecule has 1 aromatic heterocycles. The van der Waals surface area contributed by atoms with Gasteiger partial charge in [0.25, 0.3) is 0 Å². The number of nitrogens with one attached hydrogen (secondary N) is 1. The van der Waals surface area contributed by atoms with E-state index in [0.717, 1.165) is 8.96 Å². The minimum absolute atomic E-state index is 0.163. The Labute approximate surface area is 157 Å². The average molecular weight is 466 g/mol. The second-order valence-electron chi connectivity index (χ2n) is 5.80. The molecule has 2 rings (SSSR count). The summed E-state index contributed by atoms with van der Waals surface area (Å²) in [7, 11) is 0. The van der Waals surface area contributed by atoms with E-state index in [-0.39, 0.29) is 6.54 Å². The van der Waals surface area contributed by atoms with Crippen LogP contribution in [0.25, 0.3) is 10.9 Å². The molecule has 0 saturated heterocycles. The summed E-state index contributed by atoms with van der Waals surface area (Å²) in [5.41, 5.74) is 0.423. The van der Waals surface area contributed by atoms with Crippen LogP contribution >= 0.6 is 45.8 Å². The lowest BCUT2D eigenvalue weighted by Gasteiger charge is -2.26. The Morgan fingerprint density at radius 2 is 2.13 bits per heavy atom. The van der Waals surface area contributed by atoms with Crippen molar-refractivity contribution in [1.82, 2.24) is 4.98 Å². The highest BCUT2D eigenvalue weighted by atomic mass is 127. The number of benzene rings is 1. The van der Waals surface area contributed by atoms with Crippen molar-refractivity contribution in [2.45, 2.75) is 26.4 Å². The fourth-order valence-electron chi connectivity index (χ4n) is 2.05. The Kier molecular flexibility index (Phi) is 5.33. The maximum absolute atomic E-state index is 12.5. The van der Waals surface area contributed by atoms with Gasteiger partial charge < -0.3 is 9.72 Å². The van der Waals surface area contributed by atoms with Gasteiger partial charge in [-0.15, -0.1) is 0 Å². The number of carbonyl (C=O) groups excluding carboxylic acids is 1. The van der Waals surface area contributed by atoms with Crippen molar-refractivity contribution in [3.63, 3.8) is 0 Å². The number of anilines is 1. The molecule has 0 unspecified atom stereocenters. The van der Waals surface area contributed by atoms with Gasteiger partial charge in [-0.25, -0.2) is 4.79 Å². The molecule has 1 amide bonds. The Hall–Kier alpha value is -1.17. The van der Waals surface area contributed by atoms with Crippen LogP contribution in [0.3, 0.4) is 0 Å². The molecule has 0 aliphatic heterocycles. The molecule has 122 valence electrons. The van der Waals surface area contributed by atoms with Crippen LogP contribution in [0.2, 0.25) is 10.0 Å². The molecule has 8 heteroatoms. The summed E-state index contributed by atoms with van der Waals surface area (Å²) < 4.78 is 6.25. The third-order valence-electron chi connectivity index (χ3n) is 2.91. The minimum Gasteiger partial charge on any atom is -0.443 e. The van der Waals surface area contributed by atoms with E-state index < -0.39 is 11.7 Å². The summed E-state index contributed by atoms with van der Waals surface area (Å²) in [6.45, 7) is 5.13. The molecule has 5 nitrogen and oxygen atoms in total. The summed E-state index contributed by atoms with van der Waals surface area (Å²) in [4.78, 5) is 16.8. The Morgan fingerprint density at radius 1 is 1.48 bits per heavy atom. The highest BCUT2D eigenvalue weighted by molar-refractivity contribution is 14.1. The molecular formula is C15H14Cl2IN3O2. The number of ether oxygens (including phenoxy) is 1. The van der Waals surface area contributed by atoms with Crippen LogP contribution in [-0.4, -0.2) is 23.2 Å². The molecule has 0 fully saturated rings. The van der Waals surface area contributed by atoms with E-state index in [2.05, 4.69) is 27.6 Å². The lowest BCUT2D eigenvalue weighted by molar-refractivity contribution is 0.0585. The summed E-state index contributed by atoms with van der Waals surface area (Å²) in [5.74, 6) is 0. The number of carbonyl (C=O) groups is 1. The number of amides is 1. The number of H-pyrrole nitrogens is 1. The molecule has 1 heterocycles. The van der Waals surface area contributed by atoms with Crippen LogP contribution < -0.4 is 4.90 Å². The standard InChI is InChI=1S/C15H14Cl2IN3O2/c1-15(2,3)23-14(22)21(5-4-19)10-6-8(16)12(17)13-11(10)9(18)7-20-13/h6-7,20H,5H2,1-3H3. The predicted molar refractivity (Wildman–Crippen MR) is 100 cm³/mol. The van der Waals surface area contributed by atoms with Gasteiger partial charge in [0.15, 0.2) is 0 Å². The van der Waals surface area contributed by atoms with E-state index in [9.17, 15) is 4.79 Å². The molecule has 0 saturated carbocycles. The zero-order chi connectivity index (χ0) is 17.4. The van der Waals surface area contributed by atoms with Gasteiger partial charge in [-0.1, -0.05) is 23.2 Å². The number of hydrogen-bond donors (Lipinski definition) is 1. The first-order valence-electron chi connectivity index (χ1n) is 6.67. The van der Waals surface area contributed by atoms with Gasteiger partial charge in [0, 0.05) is 15.2 Å². The Balaban J connectivity index is 2.63. The number of fused-ring (bicyclic) bond motifs is 1. The van der Waals surface area contributed by atoms with Gasteiger partial charge >= 0.3 is 6.09 Å². The summed E-state index contributed by atoms with van der Waals surface area (Å²) in [6, 6.07) is 3.55. The van der Waals surface area contributed by atoms with Gasteiger partial charge in [0.1, 0.15) is 12.1 Å². The van der Waals surface area contributed by atoms with E-state index >= 15 is 0 Å². The molecule has 2 aromatic rings. The van der Waals surface area contributed by atoms with Gasteiger partial charge in [0.05, 0.1) is 27.3 Å². The third-order valence-corrected chi connectivity index (χ3v) is 4.55. The fourth-order valence-corrected chi connectivity index (χ4v) is 3.15. The molecule has 23 heavy (non-hydrogen) atoms. The number of aromatic amines is 1. The first-order chi connectivity index (χ1) is 10.7. The van der Waals surface area contributed by atoms with E-state index in [0.29, 0.717) is 21.2 Å². The van der Waals surface area contributed by atoms with Crippen LogP contribution in [0, 0.1) is 14.9 Å². The van der Waals surface area contributed by atoms with Crippen LogP contribution in [0.5, 0.6) is 0 Å². The zero-order valence-electron chi connectivity index (χ0n) is 12.7. The molecule has 0 atom stereocenters. The highest BCUT2D eigenvalue weighted by Gasteiger charge is 2.27. The summed E-state index contributed by atoms with van der Waals surface area (Å²) in [5, 5.41) is 10.5. The lowest BCUT2D eigenvalue weighted by Crippen LogP contribution is -2.37. The third kappa shape index (κ3) is 3.84. The van der Waals surface area contributed by atoms with Crippen molar-refractivity contribution in [2.75, 3.05) is 11.4 Å². The van der Waals surface area contributed by atoms with Crippen molar-refractivity contribution in [1.29, 1.82) is 5.26 Å². The second-order valence-corrected chi connectivity index (χ2v) is 7.75. The zero-order valence-corrected chi connectivity index (χ0v) is 16.4. The molecule has 1 N–H and O–H groups in total. The van der Waals surface area contributed by atoms with Crippen LogP contribution in [0.1, 0.15) is 20.8 Å². The first kappa shape index (κ1) is 18.2. The number of rotatable bonds is 2. The van der Waals surface area contributed by atoms with E-state index in [1.165, 1.54) is 4.90 Å². The maximum Gasteiger partial charge on any atom is 0.415 e. The van der Waals surface area contributed by atoms with E-state index in [4.69, 9.17) is 33.2 Å². The number of halogens is 3. The van der Waals surface area contributed by atoms with E-state index in [1.807, 2.05) is 6.07 Å². The van der Waals surface area contributed by atoms with Crippen LogP contribution in [-0.2, 0) is 4.74 Å². The molecule has 0 spiro atoms. The molecule has 0 radical (unpaired) electrons. The largest absolute Gasteiger partial charge is 0.443 e. The smallest absolute Gasteiger partial charge is 0.415 e. The number of nitriles is 1. The van der Waals surface area contributed by atoms with Crippen LogP contribution in [0.4, 0.5) is 10.5 Å². The predicted octanol–water partition coefficient (Wildman–Crippen LogP) is 5.34. The molecule has 0 aliphatic rings. The topological polar surface area (TPSA) is 69.1 Å². The minimum atomic E-state index is -0.675. The van der Waals surface area contributed by atoms with Gasteiger partial charge in [0.2, 0.25) is 0 Å². The van der Waals surface area contributed by atoms with Crippen molar-refractivity contribution < 1.29 is 9.53 Å². The van der Waals surface area contributed by atoms with Crippen LogP contribution in [0.15, 0.2) is 12.3 Å². The number of aromatic nitrogens is 1.